The third kappa shape index (κ3) is 4.28. The number of carbonyl (C=O) groups excluding carboxylic acids is 1. The van der Waals surface area contributed by atoms with Crippen molar-refractivity contribution in [1.82, 2.24) is 0 Å². The molecule has 0 rings (SSSR count). The van der Waals surface area contributed by atoms with E-state index in [0.29, 0.717) is 5.57 Å². The molecule has 5 nitrogen and oxygen atoms in total. The first kappa shape index (κ1) is 25.0. The van der Waals surface area contributed by atoms with E-state index in [9.17, 15) is 4.79 Å². The first-order chi connectivity index (χ1) is 11.2. The highest BCUT2D eigenvalue weighted by Gasteiger charge is 2.75. The van der Waals surface area contributed by atoms with Gasteiger partial charge in [0.2, 0.25) is 0 Å². The average Bonchev–Trinajstić information content (AvgIpc) is 2.53. The van der Waals surface area contributed by atoms with Crippen molar-refractivity contribution >= 4 is 36.1 Å². The summed E-state index contributed by atoms with van der Waals surface area (Å²) in [5, 5.41) is 0. The molecular weight excluding hydrogens is 385 g/mol. The maximum absolute atomic E-state index is 12.4. The van der Waals surface area contributed by atoms with E-state index in [1.165, 1.54) is 0 Å². The fourth-order valence-electron chi connectivity index (χ4n) is 4.53. The zero-order valence-electron chi connectivity index (χ0n) is 18.0. The molecule has 148 valence electrons. The van der Waals surface area contributed by atoms with Gasteiger partial charge in [0.05, 0.1) is 5.73 Å². The molecule has 0 N–H and O–H groups in total. The molecule has 0 spiro atoms. The van der Waals surface area contributed by atoms with Gasteiger partial charge in [0, 0.05) is 26.9 Å². The Labute approximate surface area is 157 Å². The van der Waals surface area contributed by atoms with E-state index >= 15 is 0 Å². The minimum atomic E-state index is -2.45. The third-order valence-corrected chi connectivity index (χ3v) is 70.4. The van der Waals surface area contributed by atoms with Crippen molar-refractivity contribution in [3.8, 4) is 0 Å². The number of carbonyl (C=O) groups is 1. The number of rotatable bonds is 10. The summed E-state index contributed by atoms with van der Waals surface area (Å²) < 4.78 is 24.7. The summed E-state index contributed by atoms with van der Waals surface area (Å²) in [6.45, 7) is 18.6. The van der Waals surface area contributed by atoms with Crippen LogP contribution in [0.3, 0.4) is 0 Å². The Morgan fingerprint density at radius 1 is 0.880 bits per heavy atom. The minimum absolute atomic E-state index is 0.193. The summed E-state index contributed by atoms with van der Waals surface area (Å²) in [7, 11) is -1.37. The van der Waals surface area contributed by atoms with Gasteiger partial charge in [-0.15, -0.1) is 0 Å². The molecule has 0 heterocycles. The van der Waals surface area contributed by atoms with E-state index in [4.69, 9.17) is 18.0 Å². The van der Waals surface area contributed by atoms with Crippen molar-refractivity contribution in [2.75, 3.05) is 21.3 Å². The van der Waals surface area contributed by atoms with Crippen LogP contribution in [0.2, 0.25) is 39.3 Å². The van der Waals surface area contributed by atoms with E-state index in [2.05, 4.69) is 52.8 Å². The van der Waals surface area contributed by atoms with Gasteiger partial charge in [-0.2, -0.15) is 0 Å². The van der Waals surface area contributed by atoms with Crippen LogP contribution in [0.4, 0.5) is 0 Å². The van der Waals surface area contributed by atoms with E-state index in [0.717, 1.165) is 6.42 Å². The highest BCUT2D eigenvalue weighted by Crippen LogP contribution is 2.42. The van der Waals surface area contributed by atoms with Gasteiger partial charge in [0.1, 0.15) is 0 Å². The lowest BCUT2D eigenvalue weighted by Gasteiger charge is -2.58. The fourth-order valence-corrected chi connectivity index (χ4v) is 83.0. The lowest BCUT2D eigenvalue weighted by molar-refractivity contribution is -0.141. The Kier molecular flexibility index (Phi) is 8.75. The van der Waals surface area contributed by atoms with Crippen LogP contribution in [0.15, 0.2) is 12.2 Å². The SMILES string of the molecule is C=C(C)C(=O)OC(CC)[Si]([Si](C)(C)OC)([Si](C)(C)OC)[Si](C)(C)OC. The molecular formula is C16H38O5Si4. The van der Waals surface area contributed by atoms with Gasteiger partial charge in [0.15, 0.2) is 30.1 Å². The number of esters is 1. The minimum Gasteiger partial charge on any atom is -0.463 e. The lowest BCUT2D eigenvalue weighted by Crippen LogP contribution is -2.91. The van der Waals surface area contributed by atoms with Crippen LogP contribution in [0, 0.1) is 0 Å². The number of hydrogen-bond donors (Lipinski definition) is 0. The molecule has 0 amide bonds. The van der Waals surface area contributed by atoms with Crippen LogP contribution >= 0.6 is 0 Å². The highest BCUT2D eigenvalue weighted by atomic mass is 29.9. The van der Waals surface area contributed by atoms with Crippen LogP contribution in [0.25, 0.3) is 0 Å². The summed E-state index contributed by atoms with van der Waals surface area (Å²) in [5.74, 6) is -0.327. The van der Waals surface area contributed by atoms with Crippen molar-refractivity contribution < 1.29 is 22.8 Å². The van der Waals surface area contributed by atoms with Gasteiger partial charge >= 0.3 is 5.97 Å². The van der Waals surface area contributed by atoms with Crippen molar-refractivity contribution in [2.45, 2.75) is 65.3 Å². The predicted octanol–water partition coefficient (Wildman–Crippen LogP) is 3.66. The molecule has 0 saturated carbocycles. The molecule has 25 heavy (non-hydrogen) atoms. The average molecular weight is 423 g/mol. The van der Waals surface area contributed by atoms with Gasteiger partial charge in [-0.1, -0.05) is 13.5 Å². The number of ether oxygens (including phenoxy) is 1. The van der Waals surface area contributed by atoms with E-state index in [1.807, 2.05) is 0 Å². The molecule has 0 aromatic rings. The smallest absolute Gasteiger partial charge is 0.333 e. The maximum atomic E-state index is 12.4. The van der Waals surface area contributed by atoms with Gasteiger partial charge in [-0.3, -0.25) is 0 Å². The zero-order chi connectivity index (χ0) is 20.3. The van der Waals surface area contributed by atoms with Gasteiger partial charge in [-0.25, -0.2) is 4.79 Å². The molecule has 0 radical (unpaired) electrons. The highest BCUT2D eigenvalue weighted by molar-refractivity contribution is 7.87. The molecule has 1 atom stereocenters. The standard InChI is InChI=1S/C16H38O5Si4/c1-13-15(21-16(17)14(2)3)25(22(7,8)18-4,23(9,10)19-5)24(11,12)20-6/h15H,2,13H2,1,3-12H3. The van der Waals surface area contributed by atoms with Crippen LogP contribution in [0.5, 0.6) is 0 Å². The third-order valence-electron chi connectivity index (χ3n) is 5.83. The molecule has 0 fully saturated rings. The molecule has 0 saturated heterocycles. The lowest BCUT2D eigenvalue weighted by atomic mass is 10.4. The Morgan fingerprint density at radius 3 is 1.40 bits per heavy atom. The Balaban J connectivity index is 6.84. The second kappa shape index (κ2) is 8.76. The second-order valence-corrected chi connectivity index (χ2v) is 43.0. The number of hydrogen-bond acceptors (Lipinski definition) is 5. The zero-order valence-corrected chi connectivity index (χ0v) is 22.0. The Hall–Kier alpha value is -0.0425. The summed E-state index contributed by atoms with van der Waals surface area (Å²) >= 11 is 0. The summed E-state index contributed by atoms with van der Waals surface area (Å²) in [6.07, 6.45) is 0.741. The van der Waals surface area contributed by atoms with Crippen LogP contribution in [-0.4, -0.2) is 63.2 Å². The van der Waals surface area contributed by atoms with Crippen LogP contribution in [-0.2, 0) is 22.8 Å². The first-order valence-corrected chi connectivity index (χ1v) is 22.5. The molecule has 1 unspecified atom stereocenters. The molecule has 0 aliphatic carbocycles. The predicted molar refractivity (Wildman–Crippen MR) is 114 cm³/mol. The first-order valence-electron chi connectivity index (χ1n) is 8.74. The molecule has 9 heteroatoms. The second-order valence-electron chi connectivity index (χ2n) is 8.03. The van der Waals surface area contributed by atoms with Gasteiger partial charge < -0.3 is 18.0 Å². The Bertz CT molecular complexity index is 450. The van der Waals surface area contributed by atoms with E-state index < -0.39 is 30.1 Å². The van der Waals surface area contributed by atoms with Crippen LogP contribution < -0.4 is 0 Å². The Morgan fingerprint density at radius 2 is 1.20 bits per heavy atom. The van der Waals surface area contributed by atoms with E-state index in [1.54, 1.807) is 28.3 Å². The summed E-state index contributed by atoms with van der Waals surface area (Å²) in [4.78, 5) is 12.4. The monoisotopic (exact) mass is 422 g/mol. The molecule has 0 aromatic heterocycles. The van der Waals surface area contributed by atoms with Crippen LogP contribution in [0.1, 0.15) is 20.3 Å². The molecule has 0 aliphatic heterocycles. The van der Waals surface area contributed by atoms with Crippen molar-refractivity contribution in [1.29, 1.82) is 0 Å². The largest absolute Gasteiger partial charge is 0.463 e. The summed E-state index contributed by atoms with van der Waals surface area (Å²) in [5.41, 5.74) is 0.230. The van der Waals surface area contributed by atoms with Gasteiger partial charge in [-0.05, 0) is 52.6 Å². The summed E-state index contributed by atoms with van der Waals surface area (Å²) in [6, 6.07) is 0. The normalized spacial score (nSPS) is 15.0. The topological polar surface area (TPSA) is 54.0 Å². The van der Waals surface area contributed by atoms with E-state index in [-0.39, 0.29) is 11.7 Å². The molecule has 0 aromatic carbocycles. The van der Waals surface area contributed by atoms with Crippen molar-refractivity contribution in [3.05, 3.63) is 12.2 Å². The molecule has 0 aliphatic rings. The quantitative estimate of drug-likeness (QED) is 0.305. The fraction of sp³-hybridized carbons (Fsp3) is 0.812. The maximum Gasteiger partial charge on any atom is 0.333 e. The van der Waals surface area contributed by atoms with Gasteiger partial charge in [0.25, 0.3) is 0 Å². The molecule has 0 bridgehead atoms. The van der Waals surface area contributed by atoms with Crippen molar-refractivity contribution in [2.24, 2.45) is 0 Å². The van der Waals surface area contributed by atoms with Crippen molar-refractivity contribution in [3.63, 3.8) is 0 Å².